The van der Waals surface area contributed by atoms with Gasteiger partial charge in [0.15, 0.2) is 0 Å². The third kappa shape index (κ3) is 5.89. The molecule has 1 unspecified atom stereocenters. The van der Waals surface area contributed by atoms with E-state index in [0.717, 1.165) is 24.9 Å². The van der Waals surface area contributed by atoms with Crippen molar-refractivity contribution in [1.29, 1.82) is 0 Å². The predicted octanol–water partition coefficient (Wildman–Crippen LogP) is 15.6. The van der Waals surface area contributed by atoms with Crippen molar-refractivity contribution in [2.24, 2.45) is 0 Å². The minimum Gasteiger partial charge on any atom is -0.311 e. The van der Waals surface area contributed by atoms with Gasteiger partial charge in [0.25, 0.3) is 0 Å². The lowest BCUT2D eigenvalue weighted by molar-refractivity contribution is 0.661. The fourth-order valence-electron chi connectivity index (χ4n) is 9.61. The van der Waals surface area contributed by atoms with E-state index < -0.39 is 0 Å². The molecule has 1 heterocycles. The first kappa shape index (κ1) is 35.5. The zero-order valence-corrected chi connectivity index (χ0v) is 34.0. The lowest BCUT2D eigenvalue weighted by Crippen LogP contribution is -2.17. The van der Waals surface area contributed by atoms with E-state index in [2.05, 4.69) is 202 Å². The number of allylic oxidation sites excluding steroid dienone is 3. The Bertz CT molecular complexity index is 2870. The molecule has 0 aliphatic heterocycles. The van der Waals surface area contributed by atoms with E-state index in [9.17, 15) is 0 Å². The lowest BCUT2D eigenvalue weighted by atomic mass is 9.82. The van der Waals surface area contributed by atoms with E-state index in [1.807, 2.05) is 11.3 Å². The van der Waals surface area contributed by atoms with Gasteiger partial charge in [-0.2, -0.15) is 0 Å². The predicted molar refractivity (Wildman–Crippen MR) is 246 cm³/mol. The second-order valence-corrected chi connectivity index (χ2v) is 17.2. The first-order chi connectivity index (χ1) is 27.9. The van der Waals surface area contributed by atoms with Crippen molar-refractivity contribution < 1.29 is 0 Å². The molecule has 7 aromatic carbocycles. The number of anilines is 2. The molecule has 278 valence electrons. The average molecular weight is 754 g/mol. The Balaban J connectivity index is 1.04. The van der Waals surface area contributed by atoms with Gasteiger partial charge in [0.1, 0.15) is 0 Å². The van der Waals surface area contributed by atoms with Crippen LogP contribution in [0.3, 0.4) is 0 Å². The molecule has 0 N–H and O–H groups in total. The van der Waals surface area contributed by atoms with Gasteiger partial charge in [-0.15, -0.1) is 11.3 Å². The van der Waals surface area contributed by atoms with Gasteiger partial charge in [-0.05, 0) is 105 Å². The Hall–Kier alpha value is -5.96. The highest BCUT2D eigenvalue weighted by Crippen LogP contribution is 2.54. The average Bonchev–Trinajstić information content (AvgIpc) is 3.76. The number of fused-ring (bicyclic) bond motifs is 7. The largest absolute Gasteiger partial charge is 0.311 e. The summed E-state index contributed by atoms with van der Waals surface area (Å²) in [5, 5.41) is 2.75. The highest BCUT2D eigenvalue weighted by atomic mass is 32.1. The number of rotatable bonds is 8. The molecule has 0 fully saturated rings. The summed E-state index contributed by atoms with van der Waals surface area (Å²) in [5.74, 6) is 0.295. The summed E-state index contributed by atoms with van der Waals surface area (Å²) < 4.78 is 2.84. The van der Waals surface area contributed by atoms with Crippen LogP contribution in [0.4, 0.5) is 11.4 Å². The van der Waals surface area contributed by atoms with E-state index in [1.165, 1.54) is 92.8 Å². The number of hydrogen-bond acceptors (Lipinski definition) is 2. The maximum Gasteiger partial charge on any atom is 0.0464 e. The quantitative estimate of drug-likeness (QED) is 0.149. The third-order valence-electron chi connectivity index (χ3n) is 12.6. The summed E-state index contributed by atoms with van der Waals surface area (Å²) >= 11 is 1.99. The molecule has 2 aliphatic rings. The fourth-order valence-corrected chi connectivity index (χ4v) is 11.0. The summed E-state index contributed by atoms with van der Waals surface area (Å²) in [6, 6.07) is 56.5. The number of aryl methyl sites for hydroxylation is 2. The van der Waals surface area contributed by atoms with E-state index in [0.29, 0.717) is 5.92 Å². The van der Waals surface area contributed by atoms with E-state index in [1.54, 1.807) is 0 Å². The second-order valence-electron chi connectivity index (χ2n) is 16.1. The van der Waals surface area contributed by atoms with Gasteiger partial charge >= 0.3 is 0 Å². The minimum absolute atomic E-state index is 0.00161. The Morgan fingerprint density at radius 2 is 1.26 bits per heavy atom. The van der Waals surface area contributed by atoms with Gasteiger partial charge < -0.3 is 4.90 Å². The molecule has 57 heavy (non-hydrogen) atoms. The van der Waals surface area contributed by atoms with Gasteiger partial charge in [-0.3, -0.25) is 0 Å². The molecule has 1 atom stereocenters. The molecule has 1 nitrogen and oxygen atoms in total. The Labute approximate surface area is 341 Å². The molecule has 0 radical (unpaired) electrons. The van der Waals surface area contributed by atoms with Crippen molar-refractivity contribution in [3.63, 3.8) is 0 Å². The van der Waals surface area contributed by atoms with Crippen LogP contribution < -0.4 is 4.90 Å². The number of hydrogen-bond donors (Lipinski definition) is 0. The maximum atomic E-state index is 2.46. The SMILES string of the molecule is CCc1ccccc1-c1ccc(N(C2=CCC(c3cccc4c3sc3c5c(ccc34)C(C)(C)c3ccccc3-5)C=C2)c2ccc(-c3ccccc3)cc2)cc1CC. The van der Waals surface area contributed by atoms with E-state index >= 15 is 0 Å². The summed E-state index contributed by atoms with van der Waals surface area (Å²) in [4.78, 5) is 2.46. The topological polar surface area (TPSA) is 3.24 Å². The molecule has 8 aromatic rings. The fraction of sp³-hybridized carbons (Fsp3) is 0.164. The Morgan fingerprint density at radius 3 is 2.04 bits per heavy atom. The van der Waals surface area contributed by atoms with E-state index in [4.69, 9.17) is 0 Å². The van der Waals surface area contributed by atoms with Crippen molar-refractivity contribution in [1.82, 2.24) is 0 Å². The molecule has 0 spiro atoms. The maximum absolute atomic E-state index is 2.46. The van der Waals surface area contributed by atoms with Crippen LogP contribution in [0.5, 0.6) is 0 Å². The minimum atomic E-state index is -0.00161. The van der Waals surface area contributed by atoms with Crippen LogP contribution in [-0.4, -0.2) is 0 Å². The molecule has 2 aliphatic carbocycles. The number of benzene rings is 7. The van der Waals surface area contributed by atoms with Crippen LogP contribution in [-0.2, 0) is 18.3 Å². The molecular weight excluding hydrogens is 707 g/mol. The summed E-state index contributed by atoms with van der Waals surface area (Å²) in [7, 11) is 0. The van der Waals surface area contributed by atoms with Crippen molar-refractivity contribution >= 4 is 42.9 Å². The molecular formula is C55H47NS. The van der Waals surface area contributed by atoms with Crippen molar-refractivity contribution in [2.45, 2.75) is 58.3 Å². The van der Waals surface area contributed by atoms with Gasteiger partial charge in [0.2, 0.25) is 0 Å². The highest BCUT2D eigenvalue weighted by Gasteiger charge is 2.37. The normalized spacial score (nSPS) is 15.4. The summed E-state index contributed by atoms with van der Waals surface area (Å²) in [5.41, 5.74) is 18.6. The first-order valence-corrected chi connectivity index (χ1v) is 21.4. The van der Waals surface area contributed by atoms with Crippen molar-refractivity contribution in [3.8, 4) is 33.4 Å². The molecule has 10 rings (SSSR count). The zero-order chi connectivity index (χ0) is 38.7. The van der Waals surface area contributed by atoms with Crippen LogP contribution in [0.2, 0.25) is 0 Å². The van der Waals surface area contributed by atoms with Crippen LogP contribution in [0, 0.1) is 0 Å². The van der Waals surface area contributed by atoms with Gasteiger partial charge in [0, 0.05) is 54.1 Å². The standard InChI is InChI=1S/C55H47NS/c1-5-36-15-10-11-18-44(36)45-32-31-43(35-37(45)6-2)56(41-27-23-39(24-28-41)38-16-8-7-9-17-38)42-29-25-40(26-30-42)46-20-14-21-47-48-33-34-51-52(54(48)57-53(46)47)49-19-12-13-22-50(49)55(51,3)4/h7-25,27-35,40H,5-6,26H2,1-4H3. The monoisotopic (exact) mass is 753 g/mol. The Morgan fingerprint density at radius 1 is 0.579 bits per heavy atom. The molecule has 2 heteroatoms. The second kappa shape index (κ2) is 14.2. The van der Waals surface area contributed by atoms with Gasteiger partial charge in [0.05, 0.1) is 0 Å². The molecule has 0 amide bonds. The molecule has 0 saturated heterocycles. The van der Waals surface area contributed by atoms with Crippen molar-refractivity contribution in [3.05, 3.63) is 203 Å². The summed E-state index contributed by atoms with van der Waals surface area (Å²) in [6.07, 6.45) is 10.2. The first-order valence-electron chi connectivity index (χ1n) is 20.6. The number of thiophene rings is 1. The zero-order valence-electron chi connectivity index (χ0n) is 33.2. The molecule has 1 aromatic heterocycles. The smallest absolute Gasteiger partial charge is 0.0464 e. The highest BCUT2D eigenvalue weighted by molar-refractivity contribution is 7.26. The number of nitrogens with zero attached hydrogens (tertiary/aromatic N) is 1. The van der Waals surface area contributed by atoms with Crippen LogP contribution in [0.25, 0.3) is 53.6 Å². The third-order valence-corrected chi connectivity index (χ3v) is 13.9. The molecule has 0 bridgehead atoms. The van der Waals surface area contributed by atoms with E-state index in [-0.39, 0.29) is 5.41 Å². The van der Waals surface area contributed by atoms with Gasteiger partial charge in [-0.1, -0.05) is 167 Å². The van der Waals surface area contributed by atoms with Crippen LogP contribution in [0.1, 0.15) is 67.9 Å². The Kier molecular flexibility index (Phi) is 8.84. The van der Waals surface area contributed by atoms with Gasteiger partial charge in [-0.25, -0.2) is 0 Å². The van der Waals surface area contributed by atoms with Crippen molar-refractivity contribution in [2.75, 3.05) is 4.90 Å². The summed E-state index contributed by atoms with van der Waals surface area (Å²) in [6.45, 7) is 9.29. The van der Waals surface area contributed by atoms with Crippen LogP contribution >= 0.6 is 11.3 Å². The lowest BCUT2D eigenvalue weighted by Gasteiger charge is -2.30. The molecule has 0 saturated carbocycles. The van der Waals surface area contributed by atoms with Crippen LogP contribution in [0.15, 0.2) is 176 Å².